The van der Waals surface area contributed by atoms with Gasteiger partial charge in [0.05, 0.1) is 14.2 Å². The average molecular weight is 418 g/mol. The summed E-state index contributed by atoms with van der Waals surface area (Å²) in [6, 6.07) is 13.2. The first-order valence-electron chi connectivity index (χ1n) is 8.87. The molecule has 0 spiro atoms. The number of carbonyl (C=O) groups is 3. The molecule has 0 aliphatic carbocycles. The normalized spacial score (nSPS) is 9.93. The minimum Gasteiger partial charge on any atom is -0.497 e. The second kappa shape index (κ2) is 11.9. The number of hydrogen-bond acceptors (Lipinski definition) is 9. The number of benzene rings is 2. The predicted octanol–water partition coefficient (Wildman–Crippen LogP) is 1.82. The molecular formula is C21H22O9. The van der Waals surface area contributed by atoms with Gasteiger partial charge in [-0.1, -0.05) is 0 Å². The van der Waals surface area contributed by atoms with E-state index in [0.29, 0.717) is 23.0 Å². The van der Waals surface area contributed by atoms with Gasteiger partial charge in [0, 0.05) is 0 Å². The molecule has 0 aromatic heterocycles. The summed E-state index contributed by atoms with van der Waals surface area (Å²) < 4.78 is 30.1. The molecule has 2 rings (SSSR count). The van der Waals surface area contributed by atoms with E-state index in [1.165, 1.54) is 14.2 Å². The molecule has 160 valence electrons. The highest BCUT2D eigenvalue weighted by Crippen LogP contribution is 2.17. The molecule has 2 aromatic carbocycles. The smallest absolute Gasteiger partial charge is 0.344 e. The summed E-state index contributed by atoms with van der Waals surface area (Å²) >= 11 is 0. The lowest BCUT2D eigenvalue weighted by molar-refractivity contribution is -0.154. The van der Waals surface area contributed by atoms with Gasteiger partial charge in [0.15, 0.2) is 26.4 Å². The lowest BCUT2D eigenvalue weighted by Gasteiger charge is -2.08. The zero-order valence-electron chi connectivity index (χ0n) is 16.6. The average Bonchev–Trinajstić information content (AvgIpc) is 2.79. The first-order chi connectivity index (χ1) is 14.5. The Balaban J connectivity index is 1.58. The van der Waals surface area contributed by atoms with E-state index in [1.807, 2.05) is 0 Å². The number of ether oxygens (including phenoxy) is 6. The van der Waals surface area contributed by atoms with Gasteiger partial charge in [0.1, 0.15) is 23.0 Å². The Kier molecular flexibility index (Phi) is 8.98. The van der Waals surface area contributed by atoms with Crippen molar-refractivity contribution in [2.24, 2.45) is 0 Å². The second-order valence-electron chi connectivity index (χ2n) is 5.79. The summed E-state index contributed by atoms with van der Waals surface area (Å²) in [6.07, 6.45) is 0. The van der Waals surface area contributed by atoms with Crippen LogP contribution in [-0.2, 0) is 23.9 Å². The third-order valence-corrected chi connectivity index (χ3v) is 3.62. The van der Waals surface area contributed by atoms with E-state index in [1.54, 1.807) is 48.5 Å². The summed E-state index contributed by atoms with van der Waals surface area (Å²) in [5, 5.41) is 0. The molecular weight excluding hydrogens is 396 g/mol. The van der Waals surface area contributed by atoms with Crippen molar-refractivity contribution in [3.8, 4) is 23.0 Å². The van der Waals surface area contributed by atoms with Gasteiger partial charge < -0.3 is 28.4 Å². The molecule has 0 radical (unpaired) electrons. The Labute approximate surface area is 173 Å². The van der Waals surface area contributed by atoms with Crippen LogP contribution < -0.4 is 18.9 Å². The highest BCUT2D eigenvalue weighted by Gasteiger charge is 2.12. The van der Waals surface area contributed by atoms with Crippen LogP contribution in [0.4, 0.5) is 0 Å². The molecule has 0 fully saturated rings. The van der Waals surface area contributed by atoms with Gasteiger partial charge in [-0.3, -0.25) is 4.79 Å². The van der Waals surface area contributed by atoms with Crippen molar-refractivity contribution in [3.05, 3.63) is 48.5 Å². The number of Topliss-reactive ketones (excluding diaryl/α,β-unsaturated/α-hetero) is 1. The van der Waals surface area contributed by atoms with Crippen molar-refractivity contribution in [1.29, 1.82) is 0 Å². The number of esters is 2. The quantitative estimate of drug-likeness (QED) is 0.477. The van der Waals surface area contributed by atoms with E-state index < -0.39 is 30.9 Å². The summed E-state index contributed by atoms with van der Waals surface area (Å²) in [5.41, 5.74) is 0. The third kappa shape index (κ3) is 8.09. The minimum atomic E-state index is -0.728. The van der Waals surface area contributed by atoms with E-state index in [9.17, 15) is 14.4 Å². The summed E-state index contributed by atoms with van der Waals surface area (Å²) in [4.78, 5) is 34.9. The van der Waals surface area contributed by atoms with Crippen LogP contribution in [0.1, 0.15) is 0 Å². The van der Waals surface area contributed by atoms with Gasteiger partial charge >= 0.3 is 11.9 Å². The van der Waals surface area contributed by atoms with E-state index >= 15 is 0 Å². The molecule has 0 N–H and O–H groups in total. The second-order valence-corrected chi connectivity index (χ2v) is 5.79. The zero-order chi connectivity index (χ0) is 21.8. The third-order valence-electron chi connectivity index (χ3n) is 3.62. The fraction of sp³-hybridized carbons (Fsp3) is 0.286. The maximum Gasteiger partial charge on any atom is 0.344 e. The number of rotatable bonds is 12. The van der Waals surface area contributed by atoms with Crippen molar-refractivity contribution in [2.45, 2.75) is 0 Å². The molecule has 0 heterocycles. The number of methoxy groups -OCH3 is 2. The molecule has 0 saturated carbocycles. The largest absolute Gasteiger partial charge is 0.497 e. The van der Waals surface area contributed by atoms with Crippen LogP contribution in [0, 0.1) is 0 Å². The first-order valence-corrected chi connectivity index (χ1v) is 8.87. The Morgan fingerprint density at radius 1 is 0.567 bits per heavy atom. The monoisotopic (exact) mass is 418 g/mol. The van der Waals surface area contributed by atoms with Crippen molar-refractivity contribution in [2.75, 3.05) is 40.6 Å². The molecule has 0 unspecified atom stereocenters. The Bertz CT molecular complexity index is 759. The Morgan fingerprint density at radius 3 is 1.23 bits per heavy atom. The molecule has 9 nitrogen and oxygen atoms in total. The zero-order valence-corrected chi connectivity index (χ0v) is 16.6. The molecule has 0 bridgehead atoms. The molecule has 30 heavy (non-hydrogen) atoms. The number of hydrogen-bond donors (Lipinski definition) is 0. The maximum absolute atomic E-state index is 11.7. The lowest BCUT2D eigenvalue weighted by atomic mass is 10.3. The van der Waals surface area contributed by atoms with Crippen LogP contribution in [-0.4, -0.2) is 58.4 Å². The van der Waals surface area contributed by atoms with E-state index in [2.05, 4.69) is 0 Å². The standard InChI is InChI=1S/C21H22O9/c1-25-16-3-7-18(8-4-16)27-13-20(23)29-11-15(22)12-30-21(24)14-28-19-9-5-17(26-2)6-10-19/h3-10H,11-14H2,1-2H3. The Morgan fingerprint density at radius 2 is 0.900 bits per heavy atom. The fourth-order valence-electron chi connectivity index (χ4n) is 2.08. The SMILES string of the molecule is COc1ccc(OCC(=O)OCC(=O)COC(=O)COc2ccc(OC)cc2)cc1. The number of ketones is 1. The van der Waals surface area contributed by atoms with Crippen LogP contribution in [0.5, 0.6) is 23.0 Å². The van der Waals surface area contributed by atoms with Gasteiger partial charge in [-0.15, -0.1) is 0 Å². The first kappa shape index (κ1) is 22.5. The van der Waals surface area contributed by atoms with Gasteiger partial charge in [0.2, 0.25) is 5.78 Å². The predicted molar refractivity (Wildman–Crippen MR) is 104 cm³/mol. The van der Waals surface area contributed by atoms with Crippen LogP contribution in [0.25, 0.3) is 0 Å². The fourth-order valence-corrected chi connectivity index (χ4v) is 2.08. The van der Waals surface area contributed by atoms with Crippen LogP contribution >= 0.6 is 0 Å². The summed E-state index contributed by atoms with van der Waals surface area (Å²) in [7, 11) is 3.07. The molecule has 0 saturated heterocycles. The lowest BCUT2D eigenvalue weighted by Crippen LogP contribution is -2.24. The maximum atomic E-state index is 11.7. The van der Waals surface area contributed by atoms with Crippen molar-refractivity contribution < 1.29 is 42.8 Å². The Hall–Kier alpha value is -3.75. The molecule has 0 aliphatic rings. The highest BCUT2D eigenvalue weighted by molar-refractivity contribution is 5.85. The van der Waals surface area contributed by atoms with Crippen molar-refractivity contribution in [1.82, 2.24) is 0 Å². The van der Waals surface area contributed by atoms with Crippen molar-refractivity contribution >= 4 is 17.7 Å². The van der Waals surface area contributed by atoms with Crippen LogP contribution in [0.15, 0.2) is 48.5 Å². The molecule has 2 aromatic rings. The van der Waals surface area contributed by atoms with E-state index in [0.717, 1.165) is 0 Å². The summed E-state index contributed by atoms with van der Waals surface area (Å²) in [5.74, 6) is 0.168. The molecule has 9 heteroatoms. The molecule has 0 aliphatic heterocycles. The molecule has 0 amide bonds. The van der Waals surface area contributed by atoms with Gasteiger partial charge in [-0.25, -0.2) is 9.59 Å². The molecule has 0 atom stereocenters. The van der Waals surface area contributed by atoms with Crippen LogP contribution in [0.2, 0.25) is 0 Å². The topological polar surface area (TPSA) is 107 Å². The van der Waals surface area contributed by atoms with Crippen LogP contribution in [0.3, 0.4) is 0 Å². The van der Waals surface area contributed by atoms with E-state index in [4.69, 9.17) is 28.4 Å². The minimum absolute atomic E-state index is 0.366. The van der Waals surface area contributed by atoms with E-state index in [-0.39, 0.29) is 13.2 Å². The number of carbonyl (C=O) groups excluding carboxylic acids is 3. The van der Waals surface area contributed by atoms with Gasteiger partial charge in [0.25, 0.3) is 0 Å². The van der Waals surface area contributed by atoms with Gasteiger partial charge in [-0.05, 0) is 48.5 Å². The summed E-state index contributed by atoms with van der Waals surface area (Å²) in [6.45, 7) is -1.79. The van der Waals surface area contributed by atoms with Gasteiger partial charge in [-0.2, -0.15) is 0 Å². The van der Waals surface area contributed by atoms with Crippen molar-refractivity contribution in [3.63, 3.8) is 0 Å². The highest BCUT2D eigenvalue weighted by atomic mass is 16.6.